The van der Waals surface area contributed by atoms with Crippen LogP contribution >= 0.6 is 15.9 Å². The number of carbonyl (C=O) groups excluding carboxylic acids is 1. The van der Waals surface area contributed by atoms with Crippen molar-refractivity contribution in [2.45, 2.75) is 0 Å². The van der Waals surface area contributed by atoms with Gasteiger partial charge in [0.15, 0.2) is 5.75 Å². The second kappa shape index (κ2) is 9.27. The number of hydrogen-bond donors (Lipinski definition) is 2. The van der Waals surface area contributed by atoms with Gasteiger partial charge in [-0.3, -0.25) is 14.9 Å². The van der Waals surface area contributed by atoms with Crippen LogP contribution in [0.15, 0.2) is 53.8 Å². The van der Waals surface area contributed by atoms with Gasteiger partial charge >= 0.3 is 5.69 Å². The lowest BCUT2D eigenvalue weighted by Crippen LogP contribution is -2.26. The van der Waals surface area contributed by atoms with Crippen LogP contribution in [-0.4, -0.2) is 34.0 Å². The summed E-state index contributed by atoms with van der Waals surface area (Å²) < 4.78 is 20.2. The number of rotatable bonds is 8. The molecule has 0 atom stereocenters. The molecule has 0 aliphatic rings. The van der Waals surface area contributed by atoms with E-state index in [0.717, 1.165) is 6.08 Å². The Labute approximate surface area is 178 Å². The molecular formula is C19H15BrFN5O4. The molecule has 0 unspecified atom stereocenters. The fraction of sp³-hybridized carbons (Fsp3) is 0.105. The second-order valence-electron chi connectivity index (χ2n) is 5.91. The Balaban J connectivity index is 1.92. The maximum Gasteiger partial charge on any atom is 0.311 e. The minimum absolute atomic E-state index is 0.00617. The van der Waals surface area contributed by atoms with Gasteiger partial charge in [-0.15, -0.1) is 0 Å². The van der Waals surface area contributed by atoms with Crippen molar-refractivity contribution in [1.82, 2.24) is 15.3 Å². The number of nitro benzene ring substituents is 1. The molecule has 0 fully saturated rings. The molecular weight excluding hydrogens is 461 g/mol. The highest BCUT2D eigenvalue weighted by molar-refractivity contribution is 9.10. The van der Waals surface area contributed by atoms with Crippen LogP contribution in [0.1, 0.15) is 0 Å². The van der Waals surface area contributed by atoms with Crippen LogP contribution < -0.4 is 15.4 Å². The number of nitro groups is 1. The number of fused-ring (bicyclic) bond motifs is 1. The third-order valence-corrected chi connectivity index (χ3v) is 4.43. The molecule has 0 radical (unpaired) electrons. The molecule has 0 spiro atoms. The van der Waals surface area contributed by atoms with E-state index in [4.69, 9.17) is 4.74 Å². The van der Waals surface area contributed by atoms with Gasteiger partial charge in [-0.1, -0.05) is 22.5 Å². The SMILES string of the molecule is C=CC(=O)NCCOc1cc2ncnc(Nc3ccc(Br)cc3F)c2cc1[N+](=O)[O-]. The highest BCUT2D eigenvalue weighted by atomic mass is 79.9. The van der Waals surface area contributed by atoms with E-state index in [0.29, 0.717) is 15.4 Å². The molecule has 9 nitrogen and oxygen atoms in total. The van der Waals surface area contributed by atoms with Crippen molar-refractivity contribution in [3.05, 3.63) is 69.7 Å². The Morgan fingerprint density at radius 3 is 2.83 bits per heavy atom. The third kappa shape index (κ3) is 4.87. The molecule has 0 aliphatic heterocycles. The van der Waals surface area contributed by atoms with Crippen molar-refractivity contribution in [3.8, 4) is 5.75 Å². The summed E-state index contributed by atoms with van der Waals surface area (Å²) in [7, 11) is 0. The Morgan fingerprint density at radius 2 is 2.13 bits per heavy atom. The van der Waals surface area contributed by atoms with Gasteiger partial charge < -0.3 is 15.4 Å². The standard InChI is InChI=1S/C19H15BrFN5O4/c1-2-18(27)22-5-6-30-17-9-15-12(8-16(17)26(28)29)19(24-10-23-15)25-14-4-3-11(20)7-13(14)21/h2-4,7-10H,1,5-6H2,(H,22,27)(H,23,24,25). The normalized spacial score (nSPS) is 10.5. The van der Waals surface area contributed by atoms with E-state index in [1.54, 1.807) is 6.07 Å². The van der Waals surface area contributed by atoms with Crippen molar-refractivity contribution < 1.29 is 18.8 Å². The summed E-state index contributed by atoms with van der Waals surface area (Å²) in [6.07, 6.45) is 2.36. The number of nitrogens with zero attached hydrogens (tertiary/aromatic N) is 3. The highest BCUT2D eigenvalue weighted by Gasteiger charge is 2.20. The maximum absolute atomic E-state index is 14.2. The molecule has 0 saturated carbocycles. The van der Waals surface area contributed by atoms with Crippen molar-refractivity contribution in [1.29, 1.82) is 0 Å². The van der Waals surface area contributed by atoms with E-state index >= 15 is 0 Å². The number of carbonyl (C=O) groups is 1. The van der Waals surface area contributed by atoms with Crippen LogP contribution in [-0.2, 0) is 4.79 Å². The second-order valence-corrected chi connectivity index (χ2v) is 6.82. The van der Waals surface area contributed by atoms with Crippen LogP contribution in [0.2, 0.25) is 0 Å². The molecule has 2 aromatic carbocycles. The van der Waals surface area contributed by atoms with Crippen molar-refractivity contribution in [3.63, 3.8) is 0 Å². The smallest absolute Gasteiger partial charge is 0.311 e. The van der Waals surface area contributed by atoms with Gasteiger partial charge in [0.05, 0.1) is 28.1 Å². The molecule has 3 rings (SSSR count). The maximum atomic E-state index is 14.2. The highest BCUT2D eigenvalue weighted by Crippen LogP contribution is 2.35. The summed E-state index contributed by atoms with van der Waals surface area (Å²) in [5.41, 5.74) is 0.201. The van der Waals surface area contributed by atoms with Crippen molar-refractivity contribution in [2.75, 3.05) is 18.5 Å². The first-order chi connectivity index (χ1) is 14.4. The number of ether oxygens (including phenoxy) is 1. The molecule has 1 heterocycles. The number of amides is 1. The van der Waals surface area contributed by atoms with Gasteiger partial charge in [0.2, 0.25) is 5.91 Å². The van der Waals surface area contributed by atoms with E-state index in [2.05, 4.69) is 43.1 Å². The van der Waals surface area contributed by atoms with E-state index in [9.17, 15) is 19.3 Å². The van der Waals surface area contributed by atoms with Crippen molar-refractivity contribution >= 4 is 49.9 Å². The molecule has 11 heteroatoms. The molecule has 1 aromatic heterocycles. The molecule has 0 saturated heterocycles. The summed E-state index contributed by atoms with van der Waals surface area (Å²) >= 11 is 3.18. The van der Waals surface area contributed by atoms with Gasteiger partial charge in [0.25, 0.3) is 0 Å². The fourth-order valence-electron chi connectivity index (χ4n) is 2.56. The van der Waals surface area contributed by atoms with Crippen LogP contribution in [0.3, 0.4) is 0 Å². The molecule has 3 aromatic rings. The van der Waals surface area contributed by atoms with Crippen molar-refractivity contribution in [2.24, 2.45) is 0 Å². The quantitative estimate of drug-likeness (QED) is 0.219. The molecule has 30 heavy (non-hydrogen) atoms. The average Bonchev–Trinajstić information content (AvgIpc) is 2.72. The van der Waals surface area contributed by atoms with Gasteiger partial charge in [-0.2, -0.15) is 0 Å². The largest absolute Gasteiger partial charge is 0.485 e. The summed E-state index contributed by atoms with van der Waals surface area (Å²) in [4.78, 5) is 30.3. The zero-order chi connectivity index (χ0) is 21.7. The number of hydrogen-bond acceptors (Lipinski definition) is 7. The van der Waals surface area contributed by atoms with Gasteiger partial charge in [-0.05, 0) is 24.3 Å². The van der Waals surface area contributed by atoms with E-state index in [1.165, 1.54) is 30.6 Å². The van der Waals surface area contributed by atoms with E-state index < -0.39 is 10.7 Å². The predicted octanol–water partition coefficient (Wildman–Crippen LogP) is 3.86. The van der Waals surface area contributed by atoms with Crippen LogP contribution in [0.25, 0.3) is 10.9 Å². The van der Waals surface area contributed by atoms with Gasteiger partial charge in [0.1, 0.15) is 24.6 Å². The topological polar surface area (TPSA) is 119 Å². The summed E-state index contributed by atoms with van der Waals surface area (Å²) in [6, 6.07) is 7.09. The molecule has 2 N–H and O–H groups in total. The monoisotopic (exact) mass is 475 g/mol. The first-order valence-electron chi connectivity index (χ1n) is 8.57. The van der Waals surface area contributed by atoms with Gasteiger partial charge in [-0.25, -0.2) is 14.4 Å². The molecule has 154 valence electrons. The minimum atomic E-state index is -0.603. The van der Waals surface area contributed by atoms with Crippen LogP contribution in [0, 0.1) is 15.9 Å². The van der Waals surface area contributed by atoms with E-state index in [-0.39, 0.29) is 42.0 Å². The Bertz CT molecular complexity index is 1140. The van der Waals surface area contributed by atoms with Crippen LogP contribution in [0.4, 0.5) is 21.6 Å². The first kappa shape index (κ1) is 21.1. The lowest BCUT2D eigenvalue weighted by molar-refractivity contribution is -0.385. The zero-order valence-corrected chi connectivity index (χ0v) is 17.0. The Hall–Kier alpha value is -3.60. The average molecular weight is 476 g/mol. The summed E-state index contributed by atoms with van der Waals surface area (Å²) in [5, 5.41) is 17.2. The zero-order valence-electron chi connectivity index (χ0n) is 15.4. The predicted molar refractivity (Wildman–Crippen MR) is 112 cm³/mol. The number of halogens is 2. The summed E-state index contributed by atoms with van der Waals surface area (Å²) in [6.45, 7) is 3.47. The Kier molecular flexibility index (Phi) is 6.52. The third-order valence-electron chi connectivity index (χ3n) is 3.94. The van der Waals surface area contributed by atoms with Crippen LogP contribution in [0.5, 0.6) is 5.75 Å². The number of aromatic nitrogens is 2. The summed E-state index contributed by atoms with van der Waals surface area (Å²) in [5.74, 6) is -0.712. The number of anilines is 2. The number of benzene rings is 2. The van der Waals surface area contributed by atoms with E-state index in [1.807, 2.05) is 0 Å². The van der Waals surface area contributed by atoms with Gasteiger partial charge in [0, 0.05) is 16.6 Å². The molecule has 1 amide bonds. The Morgan fingerprint density at radius 1 is 1.33 bits per heavy atom. The molecule has 0 aliphatic carbocycles. The lowest BCUT2D eigenvalue weighted by Gasteiger charge is -2.11. The number of nitrogens with one attached hydrogen (secondary N) is 2. The fourth-order valence-corrected chi connectivity index (χ4v) is 2.89. The lowest BCUT2D eigenvalue weighted by atomic mass is 10.2. The first-order valence-corrected chi connectivity index (χ1v) is 9.36. The molecule has 0 bridgehead atoms. The minimum Gasteiger partial charge on any atom is -0.485 e.